The van der Waals surface area contributed by atoms with Crippen LogP contribution in [-0.2, 0) is 20.1 Å². The standard InChI is InChI=1S/C22H33N5/c1-18-8-10-19(11-9-18)15-27-14-6-7-20(16-27)22-24-23-21(25(22)2)17-26-12-4-3-5-13-26/h8-11,20H,3-7,12-17H2,1-2H3. The van der Waals surface area contributed by atoms with Crippen molar-refractivity contribution in [1.82, 2.24) is 24.6 Å². The number of piperidine rings is 2. The summed E-state index contributed by atoms with van der Waals surface area (Å²) in [5, 5.41) is 9.17. The van der Waals surface area contributed by atoms with Crippen molar-refractivity contribution >= 4 is 0 Å². The Balaban J connectivity index is 1.39. The minimum Gasteiger partial charge on any atom is -0.317 e. The molecule has 27 heavy (non-hydrogen) atoms. The Morgan fingerprint density at radius 1 is 0.889 bits per heavy atom. The average molecular weight is 368 g/mol. The van der Waals surface area contributed by atoms with E-state index in [1.807, 2.05) is 0 Å². The zero-order chi connectivity index (χ0) is 18.6. The fourth-order valence-corrected chi connectivity index (χ4v) is 4.55. The van der Waals surface area contributed by atoms with E-state index >= 15 is 0 Å². The third-order valence-corrected chi connectivity index (χ3v) is 6.21. The largest absolute Gasteiger partial charge is 0.317 e. The Bertz CT molecular complexity index is 730. The minimum absolute atomic E-state index is 0.497. The highest BCUT2D eigenvalue weighted by Gasteiger charge is 2.26. The molecule has 2 aromatic rings. The molecule has 4 rings (SSSR count). The summed E-state index contributed by atoms with van der Waals surface area (Å²) in [7, 11) is 2.16. The molecule has 0 bridgehead atoms. The lowest BCUT2D eigenvalue weighted by atomic mass is 9.96. The van der Waals surface area contributed by atoms with Crippen molar-refractivity contribution in [3.05, 3.63) is 47.0 Å². The average Bonchev–Trinajstić information content (AvgIpc) is 3.05. The molecule has 2 aliphatic heterocycles. The molecular formula is C22H33N5. The van der Waals surface area contributed by atoms with Gasteiger partial charge in [-0.05, 0) is 57.8 Å². The van der Waals surface area contributed by atoms with Crippen molar-refractivity contribution in [2.45, 2.75) is 58.0 Å². The SMILES string of the molecule is Cc1ccc(CN2CCCC(c3nnc(CN4CCCCC4)n3C)C2)cc1. The molecule has 0 N–H and O–H groups in total. The van der Waals surface area contributed by atoms with E-state index in [0.717, 1.165) is 25.5 Å². The Hall–Kier alpha value is -1.72. The molecule has 1 aromatic heterocycles. The molecule has 1 atom stereocenters. The molecular weight excluding hydrogens is 334 g/mol. The molecule has 2 saturated heterocycles. The van der Waals surface area contributed by atoms with Crippen molar-refractivity contribution in [1.29, 1.82) is 0 Å². The number of aromatic nitrogens is 3. The van der Waals surface area contributed by atoms with Crippen LogP contribution in [0, 0.1) is 6.92 Å². The minimum atomic E-state index is 0.497. The molecule has 146 valence electrons. The van der Waals surface area contributed by atoms with Crippen LogP contribution in [0.4, 0.5) is 0 Å². The summed E-state index contributed by atoms with van der Waals surface area (Å²) in [6.45, 7) is 8.81. The molecule has 0 aliphatic carbocycles. The molecule has 0 spiro atoms. The highest BCUT2D eigenvalue weighted by Crippen LogP contribution is 2.27. The number of hydrogen-bond donors (Lipinski definition) is 0. The molecule has 1 aromatic carbocycles. The third-order valence-electron chi connectivity index (χ3n) is 6.21. The van der Waals surface area contributed by atoms with E-state index in [0.29, 0.717) is 5.92 Å². The Kier molecular flexibility index (Phi) is 5.89. The highest BCUT2D eigenvalue weighted by atomic mass is 15.3. The highest BCUT2D eigenvalue weighted by molar-refractivity contribution is 5.21. The maximum Gasteiger partial charge on any atom is 0.146 e. The summed E-state index contributed by atoms with van der Waals surface area (Å²) >= 11 is 0. The summed E-state index contributed by atoms with van der Waals surface area (Å²) in [4.78, 5) is 5.11. The first-order valence-electron chi connectivity index (χ1n) is 10.6. The summed E-state index contributed by atoms with van der Waals surface area (Å²) in [6.07, 6.45) is 6.48. The topological polar surface area (TPSA) is 37.2 Å². The van der Waals surface area contributed by atoms with Crippen LogP contribution in [-0.4, -0.2) is 50.7 Å². The van der Waals surface area contributed by atoms with Crippen molar-refractivity contribution in [3.63, 3.8) is 0 Å². The van der Waals surface area contributed by atoms with Gasteiger partial charge in [0, 0.05) is 26.1 Å². The zero-order valence-corrected chi connectivity index (χ0v) is 16.9. The van der Waals surface area contributed by atoms with Gasteiger partial charge in [-0.3, -0.25) is 9.80 Å². The second kappa shape index (κ2) is 8.53. The van der Waals surface area contributed by atoms with Gasteiger partial charge in [-0.1, -0.05) is 36.2 Å². The number of hydrogen-bond acceptors (Lipinski definition) is 4. The van der Waals surface area contributed by atoms with Crippen LogP contribution < -0.4 is 0 Å². The van der Waals surface area contributed by atoms with Gasteiger partial charge < -0.3 is 4.57 Å². The van der Waals surface area contributed by atoms with Gasteiger partial charge in [0.1, 0.15) is 11.6 Å². The first-order valence-corrected chi connectivity index (χ1v) is 10.6. The lowest BCUT2D eigenvalue weighted by Gasteiger charge is -2.32. The van der Waals surface area contributed by atoms with E-state index in [4.69, 9.17) is 0 Å². The van der Waals surface area contributed by atoms with Crippen LogP contribution in [0.5, 0.6) is 0 Å². The summed E-state index contributed by atoms with van der Waals surface area (Å²) in [5.41, 5.74) is 2.74. The summed E-state index contributed by atoms with van der Waals surface area (Å²) in [5.74, 6) is 2.80. The predicted molar refractivity (Wildman–Crippen MR) is 109 cm³/mol. The molecule has 0 radical (unpaired) electrons. The normalized spacial score (nSPS) is 22.2. The van der Waals surface area contributed by atoms with Crippen molar-refractivity contribution in [2.24, 2.45) is 7.05 Å². The maximum atomic E-state index is 4.62. The first kappa shape index (κ1) is 18.6. The van der Waals surface area contributed by atoms with E-state index in [9.17, 15) is 0 Å². The lowest BCUT2D eigenvalue weighted by Crippen LogP contribution is -2.35. The second-order valence-corrected chi connectivity index (χ2v) is 8.43. The summed E-state index contributed by atoms with van der Waals surface area (Å²) < 4.78 is 2.27. The molecule has 1 unspecified atom stereocenters. The Labute approximate surface area is 163 Å². The van der Waals surface area contributed by atoms with Gasteiger partial charge >= 0.3 is 0 Å². The number of benzene rings is 1. The van der Waals surface area contributed by atoms with E-state index in [1.165, 1.54) is 68.7 Å². The molecule has 5 nitrogen and oxygen atoms in total. The van der Waals surface area contributed by atoms with Gasteiger partial charge in [0.25, 0.3) is 0 Å². The van der Waals surface area contributed by atoms with E-state index in [1.54, 1.807) is 0 Å². The zero-order valence-electron chi connectivity index (χ0n) is 16.9. The summed E-state index contributed by atoms with van der Waals surface area (Å²) in [6, 6.07) is 8.95. The van der Waals surface area contributed by atoms with Gasteiger partial charge in [0.15, 0.2) is 0 Å². The van der Waals surface area contributed by atoms with E-state index < -0.39 is 0 Å². The molecule has 2 aliphatic rings. The number of aryl methyl sites for hydroxylation is 1. The molecule has 0 saturated carbocycles. The lowest BCUT2D eigenvalue weighted by molar-refractivity contribution is 0.194. The monoisotopic (exact) mass is 367 g/mol. The van der Waals surface area contributed by atoms with Crippen LogP contribution in [0.2, 0.25) is 0 Å². The van der Waals surface area contributed by atoms with Gasteiger partial charge in [-0.25, -0.2) is 0 Å². The molecule has 5 heteroatoms. The molecule has 2 fully saturated rings. The number of rotatable bonds is 5. The Morgan fingerprint density at radius 3 is 2.41 bits per heavy atom. The smallest absolute Gasteiger partial charge is 0.146 e. The van der Waals surface area contributed by atoms with Gasteiger partial charge in [0.05, 0.1) is 6.54 Å². The van der Waals surface area contributed by atoms with Crippen molar-refractivity contribution in [3.8, 4) is 0 Å². The first-order chi connectivity index (χ1) is 13.2. The van der Waals surface area contributed by atoms with Gasteiger partial charge in [0.2, 0.25) is 0 Å². The van der Waals surface area contributed by atoms with Crippen molar-refractivity contribution in [2.75, 3.05) is 26.2 Å². The Morgan fingerprint density at radius 2 is 1.63 bits per heavy atom. The fraction of sp³-hybridized carbons (Fsp3) is 0.636. The molecule has 3 heterocycles. The van der Waals surface area contributed by atoms with Crippen molar-refractivity contribution < 1.29 is 0 Å². The van der Waals surface area contributed by atoms with Crippen LogP contribution >= 0.6 is 0 Å². The van der Waals surface area contributed by atoms with E-state index in [-0.39, 0.29) is 0 Å². The third kappa shape index (κ3) is 4.58. The molecule has 0 amide bonds. The van der Waals surface area contributed by atoms with Crippen LogP contribution in [0.1, 0.15) is 60.8 Å². The van der Waals surface area contributed by atoms with Gasteiger partial charge in [-0.2, -0.15) is 0 Å². The number of nitrogens with zero attached hydrogens (tertiary/aromatic N) is 5. The van der Waals surface area contributed by atoms with E-state index in [2.05, 4.69) is 62.8 Å². The predicted octanol–water partition coefficient (Wildman–Crippen LogP) is 3.49. The fourth-order valence-electron chi connectivity index (χ4n) is 4.55. The number of likely N-dealkylation sites (tertiary alicyclic amines) is 2. The van der Waals surface area contributed by atoms with Gasteiger partial charge in [-0.15, -0.1) is 10.2 Å². The maximum absolute atomic E-state index is 4.62. The quantitative estimate of drug-likeness (QED) is 0.811. The van der Waals surface area contributed by atoms with Crippen LogP contribution in [0.25, 0.3) is 0 Å². The second-order valence-electron chi connectivity index (χ2n) is 8.43. The van der Waals surface area contributed by atoms with Crippen LogP contribution in [0.3, 0.4) is 0 Å². The van der Waals surface area contributed by atoms with Crippen LogP contribution in [0.15, 0.2) is 24.3 Å².